The van der Waals surface area contributed by atoms with E-state index in [2.05, 4.69) is 5.32 Å². The van der Waals surface area contributed by atoms with E-state index in [-0.39, 0.29) is 15.6 Å². The summed E-state index contributed by atoms with van der Waals surface area (Å²) in [6, 6.07) is 9.94. The van der Waals surface area contributed by atoms with Gasteiger partial charge in [-0.15, -0.1) is 0 Å². The van der Waals surface area contributed by atoms with Crippen LogP contribution in [0.2, 0.25) is 0 Å². The van der Waals surface area contributed by atoms with Gasteiger partial charge in [-0.3, -0.25) is 0 Å². The van der Waals surface area contributed by atoms with E-state index < -0.39 is 14.2 Å². The van der Waals surface area contributed by atoms with Crippen LogP contribution in [0.25, 0.3) is 0 Å². The Kier molecular flexibility index (Phi) is 4.53. The number of allylic oxidation sites excluding steroid dienone is 2. The van der Waals surface area contributed by atoms with Gasteiger partial charge >= 0.3 is 111 Å². The summed E-state index contributed by atoms with van der Waals surface area (Å²) in [5, 5.41) is 28.6. The van der Waals surface area contributed by atoms with Crippen LogP contribution in [-0.2, 0) is 3.74 Å². The Balaban J connectivity index is 3.07. The molecule has 0 spiro atoms. The molecular weight excluding hydrogens is 311 g/mol. The number of benzene rings is 1. The van der Waals surface area contributed by atoms with Crippen molar-refractivity contribution in [1.82, 2.24) is 0 Å². The van der Waals surface area contributed by atoms with Gasteiger partial charge in [-0.25, -0.2) is 0 Å². The molecule has 0 aliphatic heterocycles. The van der Waals surface area contributed by atoms with Crippen LogP contribution < -0.4 is 9.67 Å². The predicted octanol–water partition coefficient (Wildman–Crippen LogP) is -0.516. The normalized spacial score (nSPS) is 9.63. The fourth-order valence-electron chi connectivity index (χ4n) is 1.17. The molecule has 1 aromatic rings. The van der Waals surface area contributed by atoms with Crippen molar-refractivity contribution in [2.75, 3.05) is 5.32 Å². The van der Waals surface area contributed by atoms with Gasteiger partial charge in [0.15, 0.2) is 0 Å². The Labute approximate surface area is 111 Å². The Bertz CT molecular complexity index is 667. The molecule has 0 saturated heterocycles. The van der Waals surface area contributed by atoms with Crippen LogP contribution in [0.15, 0.2) is 35.5 Å². The summed E-state index contributed by atoms with van der Waals surface area (Å²) >= 11 is -4.93. The van der Waals surface area contributed by atoms with Crippen molar-refractivity contribution in [1.29, 1.82) is 15.8 Å². The van der Waals surface area contributed by atoms with E-state index in [4.69, 9.17) is 24.0 Å². The average Bonchev–Trinajstić information content (AvgIpc) is 2.38. The molecule has 0 fully saturated rings. The molecule has 0 radical (unpaired) electrons. The van der Waals surface area contributed by atoms with Gasteiger partial charge in [-0.05, 0) is 0 Å². The molecule has 8 heteroatoms. The molecule has 19 heavy (non-hydrogen) atoms. The van der Waals surface area contributed by atoms with Gasteiger partial charge in [0, 0.05) is 0 Å². The van der Waals surface area contributed by atoms with Crippen LogP contribution in [0.3, 0.4) is 0 Å². The maximum atomic E-state index is 11.0. The van der Waals surface area contributed by atoms with Crippen molar-refractivity contribution in [3.8, 4) is 18.2 Å². The quantitative estimate of drug-likeness (QED) is 0.503. The second kappa shape index (κ2) is 5.91. The van der Waals surface area contributed by atoms with E-state index in [9.17, 15) is 3.74 Å². The van der Waals surface area contributed by atoms with Crippen molar-refractivity contribution in [3.63, 3.8) is 0 Å². The third kappa shape index (κ3) is 3.74. The average molecular weight is 318 g/mol. The third-order valence-electron chi connectivity index (χ3n) is 2.06. The van der Waals surface area contributed by atoms with Crippen LogP contribution in [0.5, 0.6) is 0 Å². The Hall–Kier alpha value is -2.49. The summed E-state index contributed by atoms with van der Waals surface area (Å²) in [7, 11) is 0. The molecule has 0 amide bonds. The zero-order valence-corrected chi connectivity index (χ0v) is 11.3. The predicted molar refractivity (Wildman–Crippen MR) is 64.4 cm³/mol. The molecule has 0 aliphatic carbocycles. The number of nitrogens with one attached hydrogen (secondary N) is 1. The molecule has 0 aromatic heterocycles. The maximum absolute atomic E-state index is 11.0. The molecule has 0 unspecified atom stereocenters. The number of hydrogen-bond acceptors (Lipinski definition) is 5. The first-order chi connectivity index (χ1) is 8.92. The zero-order valence-electron chi connectivity index (χ0n) is 9.40. The summed E-state index contributed by atoms with van der Waals surface area (Å²) in [4.78, 5) is 0. The van der Waals surface area contributed by atoms with Crippen molar-refractivity contribution >= 4 is 24.2 Å². The summed E-state index contributed by atoms with van der Waals surface area (Å²) in [6.45, 7) is 0. The first kappa shape index (κ1) is 14.6. The standard InChI is InChI=1S/C11H7AsN4O3/c13-5-8(6-14)11(7-15)16-10-3-1-9(2-4-10)12(17,18)19/h1-4,16H,(H2,17,18,19). The molecule has 0 heterocycles. The van der Waals surface area contributed by atoms with Crippen molar-refractivity contribution in [2.24, 2.45) is 0 Å². The second-order valence-corrected chi connectivity index (χ2v) is 6.67. The van der Waals surface area contributed by atoms with Gasteiger partial charge in [0.25, 0.3) is 0 Å². The number of anilines is 1. The topological polar surface area (TPSA) is 141 Å². The van der Waals surface area contributed by atoms with Crippen LogP contribution in [-0.4, -0.2) is 22.4 Å². The molecule has 1 rings (SSSR count). The first-order valence-corrected chi connectivity index (χ1v) is 8.18. The van der Waals surface area contributed by atoms with Crippen molar-refractivity contribution in [3.05, 3.63) is 35.5 Å². The monoisotopic (exact) mass is 318 g/mol. The fraction of sp³-hybridized carbons (Fsp3) is 0. The Morgan fingerprint density at radius 3 is 1.95 bits per heavy atom. The molecule has 0 saturated carbocycles. The summed E-state index contributed by atoms with van der Waals surface area (Å²) in [5.74, 6) is 0. The molecular formula is C11H7AsN4O3. The van der Waals surface area contributed by atoms with Crippen LogP contribution in [0, 0.1) is 34.0 Å². The molecule has 3 N–H and O–H groups in total. The van der Waals surface area contributed by atoms with Crippen LogP contribution >= 0.6 is 0 Å². The van der Waals surface area contributed by atoms with Gasteiger partial charge in [0.05, 0.1) is 0 Å². The summed E-state index contributed by atoms with van der Waals surface area (Å²) in [5.41, 5.74) is -0.253. The Morgan fingerprint density at radius 1 is 1.05 bits per heavy atom. The summed E-state index contributed by atoms with van der Waals surface area (Å²) < 4.78 is 28.9. The minimum absolute atomic E-state index is 0.105. The minimum atomic E-state index is -4.93. The van der Waals surface area contributed by atoms with Gasteiger partial charge in [0.1, 0.15) is 0 Å². The van der Waals surface area contributed by atoms with Gasteiger partial charge in [0.2, 0.25) is 0 Å². The first-order valence-electron chi connectivity index (χ1n) is 4.80. The van der Waals surface area contributed by atoms with E-state index in [1.54, 1.807) is 18.2 Å². The molecule has 0 bridgehead atoms. The molecule has 1 aromatic carbocycles. The molecule has 94 valence electrons. The van der Waals surface area contributed by atoms with Crippen molar-refractivity contribution < 1.29 is 11.9 Å². The third-order valence-corrected chi connectivity index (χ3v) is 4.10. The van der Waals surface area contributed by atoms with E-state index >= 15 is 0 Å². The van der Waals surface area contributed by atoms with Gasteiger partial charge in [-0.2, -0.15) is 0 Å². The number of rotatable bonds is 3. The number of nitriles is 3. The van der Waals surface area contributed by atoms with E-state index in [1.165, 1.54) is 24.3 Å². The SMILES string of the molecule is N#CC(C#N)=C(C#N)Nc1ccc([As](=O)(O)O)cc1. The molecule has 7 nitrogen and oxygen atoms in total. The van der Waals surface area contributed by atoms with Gasteiger partial charge < -0.3 is 0 Å². The van der Waals surface area contributed by atoms with Crippen LogP contribution in [0.4, 0.5) is 5.69 Å². The Morgan fingerprint density at radius 2 is 1.58 bits per heavy atom. The zero-order chi connectivity index (χ0) is 14.5. The fourth-order valence-corrected chi connectivity index (χ4v) is 2.29. The van der Waals surface area contributed by atoms with Crippen molar-refractivity contribution in [2.45, 2.75) is 0 Å². The van der Waals surface area contributed by atoms with E-state index in [1.807, 2.05) is 0 Å². The number of nitrogens with zero attached hydrogens (tertiary/aromatic N) is 3. The molecule has 0 atom stereocenters. The second-order valence-electron chi connectivity index (χ2n) is 3.30. The van der Waals surface area contributed by atoms with Gasteiger partial charge in [-0.1, -0.05) is 0 Å². The number of hydrogen-bond donors (Lipinski definition) is 3. The van der Waals surface area contributed by atoms with E-state index in [0.29, 0.717) is 5.69 Å². The summed E-state index contributed by atoms with van der Waals surface area (Å²) in [6.07, 6.45) is 0. The molecule has 0 aliphatic rings. The van der Waals surface area contributed by atoms with E-state index in [0.717, 1.165) is 0 Å². The van der Waals surface area contributed by atoms with Crippen LogP contribution in [0.1, 0.15) is 0 Å².